The number of nitrogens with zero attached hydrogens (tertiary/aromatic N) is 3. The van der Waals surface area contributed by atoms with E-state index in [1.165, 1.54) is 0 Å². The van der Waals surface area contributed by atoms with Crippen LogP contribution in [-0.4, -0.2) is 31.5 Å². The zero-order chi connectivity index (χ0) is 15.0. The number of carbonyl (C=O) groups is 1. The average molecular weight is 286 g/mol. The van der Waals surface area contributed by atoms with E-state index in [0.717, 1.165) is 22.8 Å². The highest BCUT2D eigenvalue weighted by Crippen LogP contribution is 2.26. The summed E-state index contributed by atoms with van der Waals surface area (Å²) in [4.78, 5) is 25.6. The van der Waals surface area contributed by atoms with Crippen molar-refractivity contribution in [1.29, 1.82) is 0 Å². The Morgan fingerprint density at radius 3 is 2.81 bits per heavy atom. The highest BCUT2D eigenvalue weighted by Gasteiger charge is 2.30. The Labute approximate surface area is 123 Å². The van der Waals surface area contributed by atoms with Crippen LogP contribution in [0, 0.1) is 0 Å². The second-order valence-corrected chi connectivity index (χ2v) is 6.09. The van der Waals surface area contributed by atoms with Crippen LogP contribution in [0.4, 0.5) is 4.79 Å². The molecule has 0 bridgehead atoms. The molecule has 110 valence electrons. The van der Waals surface area contributed by atoms with E-state index in [1.807, 2.05) is 32.9 Å². The third-order valence-corrected chi connectivity index (χ3v) is 3.14. The fourth-order valence-electron chi connectivity index (χ4n) is 2.23. The zero-order valence-corrected chi connectivity index (χ0v) is 12.4. The molecule has 3 rings (SSSR count). The number of aromatic nitrogens is 3. The van der Waals surface area contributed by atoms with Crippen molar-refractivity contribution in [2.24, 2.45) is 0 Å². The lowest BCUT2D eigenvalue weighted by Crippen LogP contribution is -2.33. The number of nitrogens with one attached hydrogen (secondary N) is 1. The number of rotatable bonds is 1. The molecule has 6 nitrogen and oxygen atoms in total. The molecule has 1 aliphatic rings. The normalized spacial score (nSPS) is 14.1. The SMILES string of the molecule is CC(C)(C)OC(=O)N1Cc2nc(-c3cccnc3)[nH]c2C1. The third-order valence-electron chi connectivity index (χ3n) is 3.14. The van der Waals surface area contributed by atoms with Gasteiger partial charge in [-0.05, 0) is 32.9 Å². The predicted octanol–water partition coefficient (Wildman–Crippen LogP) is 2.72. The van der Waals surface area contributed by atoms with E-state index in [0.29, 0.717) is 13.1 Å². The summed E-state index contributed by atoms with van der Waals surface area (Å²) in [6.07, 6.45) is 3.18. The summed E-state index contributed by atoms with van der Waals surface area (Å²) in [5.41, 5.74) is 2.30. The van der Waals surface area contributed by atoms with Crippen molar-refractivity contribution in [1.82, 2.24) is 19.9 Å². The quantitative estimate of drug-likeness (QED) is 0.875. The Bertz CT molecular complexity index is 635. The smallest absolute Gasteiger partial charge is 0.410 e. The van der Waals surface area contributed by atoms with Gasteiger partial charge in [0.25, 0.3) is 0 Å². The second kappa shape index (κ2) is 4.87. The number of fused-ring (bicyclic) bond motifs is 1. The molecule has 0 radical (unpaired) electrons. The van der Waals surface area contributed by atoms with Gasteiger partial charge in [-0.15, -0.1) is 0 Å². The Morgan fingerprint density at radius 2 is 2.19 bits per heavy atom. The van der Waals surface area contributed by atoms with E-state index in [2.05, 4.69) is 15.0 Å². The van der Waals surface area contributed by atoms with Crippen LogP contribution >= 0.6 is 0 Å². The van der Waals surface area contributed by atoms with Gasteiger partial charge in [0.15, 0.2) is 0 Å². The van der Waals surface area contributed by atoms with Crippen molar-refractivity contribution in [3.63, 3.8) is 0 Å². The van der Waals surface area contributed by atoms with Crippen molar-refractivity contribution in [3.05, 3.63) is 35.9 Å². The molecule has 0 saturated carbocycles. The van der Waals surface area contributed by atoms with Gasteiger partial charge >= 0.3 is 6.09 Å². The minimum absolute atomic E-state index is 0.308. The van der Waals surface area contributed by atoms with Gasteiger partial charge in [0.05, 0.1) is 24.5 Å². The summed E-state index contributed by atoms with van der Waals surface area (Å²) in [5.74, 6) is 0.789. The summed E-state index contributed by atoms with van der Waals surface area (Å²) in [6.45, 7) is 6.55. The van der Waals surface area contributed by atoms with Crippen LogP contribution < -0.4 is 0 Å². The van der Waals surface area contributed by atoms with Crippen molar-refractivity contribution in [2.45, 2.75) is 39.5 Å². The van der Waals surface area contributed by atoms with Gasteiger partial charge in [-0.3, -0.25) is 9.88 Å². The number of carbonyl (C=O) groups excluding carboxylic acids is 1. The van der Waals surface area contributed by atoms with Gasteiger partial charge in [0, 0.05) is 18.0 Å². The fourth-order valence-corrected chi connectivity index (χ4v) is 2.23. The Hall–Kier alpha value is -2.37. The van der Waals surface area contributed by atoms with Gasteiger partial charge in [-0.25, -0.2) is 9.78 Å². The number of hydrogen-bond donors (Lipinski definition) is 1. The summed E-state index contributed by atoms with van der Waals surface area (Å²) in [7, 11) is 0. The van der Waals surface area contributed by atoms with Crippen LogP contribution in [0.5, 0.6) is 0 Å². The fraction of sp³-hybridized carbons (Fsp3) is 0.400. The minimum atomic E-state index is -0.484. The van der Waals surface area contributed by atoms with Crippen LogP contribution in [0.2, 0.25) is 0 Å². The van der Waals surface area contributed by atoms with Crippen molar-refractivity contribution < 1.29 is 9.53 Å². The molecular formula is C15H18N4O2. The first-order chi connectivity index (χ1) is 9.92. The number of imidazole rings is 1. The molecule has 2 aromatic heterocycles. The van der Waals surface area contributed by atoms with Gasteiger partial charge in [-0.2, -0.15) is 0 Å². The Kier molecular flexibility index (Phi) is 3.16. The average Bonchev–Trinajstić information content (AvgIpc) is 2.95. The molecule has 3 heterocycles. The molecule has 0 saturated heterocycles. The number of amides is 1. The molecule has 0 aliphatic carbocycles. The van der Waals surface area contributed by atoms with Crippen molar-refractivity contribution >= 4 is 6.09 Å². The Balaban J connectivity index is 1.73. The number of aromatic amines is 1. The summed E-state index contributed by atoms with van der Waals surface area (Å²) < 4.78 is 5.37. The van der Waals surface area contributed by atoms with Crippen LogP contribution in [0.1, 0.15) is 32.2 Å². The van der Waals surface area contributed by atoms with Crippen molar-refractivity contribution in [3.8, 4) is 11.4 Å². The third kappa shape index (κ3) is 2.89. The molecule has 0 fully saturated rings. The molecule has 1 amide bonds. The number of ether oxygens (including phenoxy) is 1. The molecular weight excluding hydrogens is 268 g/mol. The molecule has 21 heavy (non-hydrogen) atoms. The van der Waals surface area contributed by atoms with Crippen LogP contribution in [0.15, 0.2) is 24.5 Å². The predicted molar refractivity (Wildman–Crippen MR) is 77.3 cm³/mol. The first-order valence-corrected chi connectivity index (χ1v) is 6.88. The number of hydrogen-bond acceptors (Lipinski definition) is 4. The van der Waals surface area contributed by atoms with Gasteiger partial charge in [0.2, 0.25) is 0 Å². The monoisotopic (exact) mass is 286 g/mol. The molecule has 2 aromatic rings. The standard InChI is InChI=1S/C15H18N4O2/c1-15(2,3)21-14(20)19-8-11-12(9-19)18-13(17-11)10-5-4-6-16-7-10/h4-7H,8-9H2,1-3H3,(H,17,18). The number of H-pyrrole nitrogens is 1. The first kappa shape index (κ1) is 13.6. The van der Waals surface area contributed by atoms with E-state index < -0.39 is 5.60 Å². The van der Waals surface area contributed by atoms with Crippen LogP contribution in [-0.2, 0) is 17.8 Å². The van der Waals surface area contributed by atoms with Gasteiger partial charge in [-0.1, -0.05) is 0 Å². The second-order valence-electron chi connectivity index (χ2n) is 6.09. The minimum Gasteiger partial charge on any atom is -0.444 e. The van der Waals surface area contributed by atoms with E-state index in [4.69, 9.17) is 4.74 Å². The maximum atomic E-state index is 12.0. The highest BCUT2D eigenvalue weighted by molar-refractivity contribution is 5.69. The van der Waals surface area contributed by atoms with E-state index in [-0.39, 0.29) is 6.09 Å². The maximum absolute atomic E-state index is 12.0. The molecule has 0 aromatic carbocycles. The molecule has 0 spiro atoms. The Morgan fingerprint density at radius 1 is 1.38 bits per heavy atom. The van der Waals surface area contributed by atoms with Gasteiger partial charge < -0.3 is 9.72 Å². The summed E-state index contributed by atoms with van der Waals surface area (Å²) in [6, 6.07) is 3.82. The van der Waals surface area contributed by atoms with Crippen LogP contribution in [0.25, 0.3) is 11.4 Å². The summed E-state index contributed by atoms with van der Waals surface area (Å²) in [5, 5.41) is 0. The van der Waals surface area contributed by atoms with Crippen LogP contribution in [0.3, 0.4) is 0 Å². The topological polar surface area (TPSA) is 71.1 Å². The van der Waals surface area contributed by atoms with E-state index in [1.54, 1.807) is 17.3 Å². The first-order valence-electron chi connectivity index (χ1n) is 6.88. The lowest BCUT2D eigenvalue weighted by atomic mass is 10.2. The summed E-state index contributed by atoms with van der Waals surface area (Å²) >= 11 is 0. The van der Waals surface area contributed by atoms with Gasteiger partial charge in [0.1, 0.15) is 11.4 Å². The van der Waals surface area contributed by atoms with E-state index in [9.17, 15) is 4.79 Å². The lowest BCUT2D eigenvalue weighted by Gasteiger charge is -2.24. The molecule has 1 N–H and O–H groups in total. The highest BCUT2D eigenvalue weighted by atomic mass is 16.6. The van der Waals surface area contributed by atoms with E-state index >= 15 is 0 Å². The molecule has 1 aliphatic heterocycles. The lowest BCUT2D eigenvalue weighted by molar-refractivity contribution is 0.0239. The number of pyridine rings is 1. The zero-order valence-electron chi connectivity index (χ0n) is 12.4. The van der Waals surface area contributed by atoms with Crippen molar-refractivity contribution in [2.75, 3.05) is 0 Å². The molecule has 0 atom stereocenters. The molecule has 0 unspecified atom stereocenters. The molecule has 6 heteroatoms. The maximum Gasteiger partial charge on any atom is 0.410 e. The largest absolute Gasteiger partial charge is 0.444 e.